The Bertz CT molecular complexity index is 304. The van der Waals surface area contributed by atoms with Crippen LogP contribution in [-0.2, 0) is 4.43 Å². The third-order valence-electron chi connectivity index (χ3n) is 1.91. The lowest BCUT2D eigenvalue weighted by atomic mass is 10.1. The topological polar surface area (TPSA) is 58.9 Å². The molecule has 0 atom stereocenters. The molecule has 1 aromatic rings. The van der Waals surface area contributed by atoms with Crippen LogP contribution in [-0.4, -0.2) is 25.7 Å². The van der Waals surface area contributed by atoms with Crippen molar-refractivity contribution in [2.24, 2.45) is 0 Å². The number of hydrogen-bond acceptors (Lipinski definition) is 4. The fraction of sp³-hybridized carbons (Fsp3) is 0.333. The molecular formula is C9H14O4Si. The van der Waals surface area contributed by atoms with Gasteiger partial charge >= 0.3 is 9.05 Å². The summed E-state index contributed by atoms with van der Waals surface area (Å²) in [7, 11) is -2.77. The van der Waals surface area contributed by atoms with Gasteiger partial charge in [-0.15, -0.1) is 0 Å². The van der Waals surface area contributed by atoms with Gasteiger partial charge in [-0.05, 0) is 25.0 Å². The summed E-state index contributed by atoms with van der Waals surface area (Å²) in [6, 6.07) is 5.55. The number of benzene rings is 1. The fourth-order valence-corrected chi connectivity index (χ4v) is 1.81. The van der Waals surface area contributed by atoms with Crippen LogP contribution >= 0.6 is 0 Å². The van der Waals surface area contributed by atoms with E-state index in [1.807, 2.05) is 32.0 Å². The van der Waals surface area contributed by atoms with Gasteiger partial charge in [0.05, 0.1) is 0 Å². The van der Waals surface area contributed by atoms with Crippen LogP contribution in [0.5, 0.6) is 5.75 Å². The van der Waals surface area contributed by atoms with Crippen molar-refractivity contribution >= 4 is 9.05 Å². The lowest BCUT2D eigenvalue weighted by Crippen LogP contribution is -2.45. The highest BCUT2D eigenvalue weighted by Gasteiger charge is 2.38. The molecule has 0 unspecified atom stereocenters. The first-order valence-electron chi connectivity index (χ1n) is 4.21. The van der Waals surface area contributed by atoms with Crippen LogP contribution in [0, 0.1) is 13.8 Å². The number of hydrogen-bond donors (Lipinski definition) is 2. The molecule has 0 aliphatic rings. The first kappa shape index (κ1) is 11.2. The van der Waals surface area contributed by atoms with Crippen LogP contribution in [0.2, 0.25) is 0 Å². The molecule has 0 saturated carbocycles. The molecule has 0 fully saturated rings. The van der Waals surface area contributed by atoms with Crippen molar-refractivity contribution < 1.29 is 18.4 Å². The van der Waals surface area contributed by atoms with E-state index in [2.05, 4.69) is 4.43 Å². The predicted octanol–water partition coefficient (Wildman–Crippen LogP) is 0.749. The van der Waals surface area contributed by atoms with Crippen molar-refractivity contribution in [1.29, 1.82) is 0 Å². The zero-order valence-electron chi connectivity index (χ0n) is 8.44. The normalized spacial score (nSPS) is 11.5. The molecule has 0 aliphatic heterocycles. The average molecular weight is 214 g/mol. The molecule has 0 amide bonds. The third kappa shape index (κ3) is 2.55. The minimum absolute atomic E-state index is 0.478. The van der Waals surface area contributed by atoms with E-state index in [0.717, 1.165) is 11.1 Å². The highest BCUT2D eigenvalue weighted by atomic mass is 28.4. The summed E-state index contributed by atoms with van der Waals surface area (Å²) in [5.74, 6) is 0.478. The van der Waals surface area contributed by atoms with Crippen molar-refractivity contribution in [2.45, 2.75) is 13.8 Å². The summed E-state index contributed by atoms with van der Waals surface area (Å²) in [6.07, 6.45) is 0. The van der Waals surface area contributed by atoms with Crippen molar-refractivity contribution in [2.75, 3.05) is 7.11 Å². The van der Waals surface area contributed by atoms with Crippen LogP contribution in [0.3, 0.4) is 0 Å². The quantitative estimate of drug-likeness (QED) is 0.729. The molecule has 4 nitrogen and oxygen atoms in total. The maximum atomic E-state index is 9.28. The maximum absolute atomic E-state index is 9.28. The summed E-state index contributed by atoms with van der Waals surface area (Å²) in [4.78, 5) is 18.6. The zero-order chi connectivity index (χ0) is 10.8. The summed E-state index contributed by atoms with van der Waals surface area (Å²) in [5, 5.41) is 0. The van der Waals surface area contributed by atoms with Crippen molar-refractivity contribution in [3.8, 4) is 5.75 Å². The number of para-hydroxylation sites is 1. The number of aryl methyl sites for hydroxylation is 2. The first-order chi connectivity index (χ1) is 6.46. The van der Waals surface area contributed by atoms with Gasteiger partial charge in [0.2, 0.25) is 0 Å². The Morgan fingerprint density at radius 1 is 1.14 bits per heavy atom. The maximum Gasteiger partial charge on any atom is 0.743 e. The molecule has 0 saturated heterocycles. The smallest absolute Gasteiger partial charge is 0.480 e. The lowest BCUT2D eigenvalue weighted by Gasteiger charge is -2.18. The monoisotopic (exact) mass is 214 g/mol. The second-order valence-corrected chi connectivity index (χ2v) is 4.78. The van der Waals surface area contributed by atoms with Crippen LogP contribution in [0.15, 0.2) is 18.2 Å². The predicted molar refractivity (Wildman–Crippen MR) is 53.7 cm³/mol. The van der Waals surface area contributed by atoms with E-state index in [0.29, 0.717) is 5.75 Å². The average Bonchev–Trinajstić information content (AvgIpc) is 2.12. The second kappa shape index (κ2) is 4.10. The third-order valence-corrected chi connectivity index (χ3v) is 2.91. The summed E-state index contributed by atoms with van der Waals surface area (Å²) < 4.78 is 9.52. The molecule has 0 bridgehead atoms. The van der Waals surface area contributed by atoms with E-state index in [1.165, 1.54) is 7.11 Å². The van der Waals surface area contributed by atoms with Crippen LogP contribution in [0.25, 0.3) is 0 Å². The molecule has 5 heteroatoms. The molecule has 0 radical (unpaired) electrons. The van der Waals surface area contributed by atoms with Gasteiger partial charge < -0.3 is 18.4 Å². The first-order valence-corrected chi connectivity index (χ1v) is 5.92. The van der Waals surface area contributed by atoms with Crippen molar-refractivity contribution in [3.05, 3.63) is 29.3 Å². The number of rotatable bonds is 3. The molecule has 2 N–H and O–H groups in total. The van der Waals surface area contributed by atoms with Crippen molar-refractivity contribution in [1.82, 2.24) is 0 Å². The van der Waals surface area contributed by atoms with Gasteiger partial charge in [-0.1, -0.05) is 18.2 Å². The van der Waals surface area contributed by atoms with Crippen molar-refractivity contribution in [3.63, 3.8) is 0 Å². The largest absolute Gasteiger partial charge is 0.743 e. The van der Waals surface area contributed by atoms with Gasteiger partial charge in [0.15, 0.2) is 0 Å². The van der Waals surface area contributed by atoms with Gasteiger partial charge in [-0.25, -0.2) is 0 Å². The molecule has 1 aromatic carbocycles. The Morgan fingerprint density at radius 2 is 1.64 bits per heavy atom. The fourth-order valence-electron chi connectivity index (χ4n) is 1.13. The standard InChI is InChI=1S/C9H14O4Si/c1-7-5-4-6-8(2)9(7)13-14(10,11)12-3/h4-6,10-11H,1-3H3. The van der Waals surface area contributed by atoms with Gasteiger partial charge in [0.1, 0.15) is 5.75 Å². The van der Waals surface area contributed by atoms with E-state index < -0.39 is 9.05 Å². The zero-order valence-corrected chi connectivity index (χ0v) is 9.44. The lowest BCUT2D eigenvalue weighted by molar-refractivity contribution is 0.0976. The van der Waals surface area contributed by atoms with Gasteiger partial charge in [-0.2, -0.15) is 0 Å². The Kier molecular flexibility index (Phi) is 3.28. The summed E-state index contributed by atoms with van der Waals surface area (Å²) in [5.41, 5.74) is 1.70. The van der Waals surface area contributed by atoms with Crippen LogP contribution in [0.1, 0.15) is 11.1 Å². The van der Waals surface area contributed by atoms with Crippen LogP contribution in [0.4, 0.5) is 0 Å². The minimum Gasteiger partial charge on any atom is -0.480 e. The summed E-state index contributed by atoms with van der Waals surface area (Å²) in [6.45, 7) is 3.67. The minimum atomic E-state index is -3.98. The molecule has 0 aromatic heterocycles. The van der Waals surface area contributed by atoms with E-state index in [-0.39, 0.29) is 0 Å². The van der Waals surface area contributed by atoms with E-state index in [1.54, 1.807) is 0 Å². The highest BCUT2D eigenvalue weighted by Crippen LogP contribution is 2.24. The molecular weight excluding hydrogens is 200 g/mol. The Morgan fingerprint density at radius 3 is 2.07 bits per heavy atom. The molecule has 0 aliphatic carbocycles. The Labute approximate surface area is 84.2 Å². The van der Waals surface area contributed by atoms with E-state index >= 15 is 0 Å². The summed E-state index contributed by atoms with van der Waals surface area (Å²) >= 11 is 0. The molecule has 78 valence electrons. The Hall–Kier alpha value is -0.883. The van der Waals surface area contributed by atoms with Gasteiger partial charge in [0.25, 0.3) is 0 Å². The van der Waals surface area contributed by atoms with Crippen LogP contribution < -0.4 is 4.43 Å². The van der Waals surface area contributed by atoms with E-state index in [4.69, 9.17) is 4.43 Å². The van der Waals surface area contributed by atoms with Gasteiger partial charge in [-0.3, -0.25) is 0 Å². The van der Waals surface area contributed by atoms with Gasteiger partial charge in [0, 0.05) is 7.11 Å². The molecule has 0 spiro atoms. The Balaban J connectivity index is 2.97. The second-order valence-electron chi connectivity index (χ2n) is 3.08. The highest BCUT2D eigenvalue weighted by molar-refractivity contribution is 6.51. The van der Waals surface area contributed by atoms with E-state index in [9.17, 15) is 9.59 Å². The molecule has 14 heavy (non-hydrogen) atoms. The molecule has 0 heterocycles. The SMILES string of the molecule is CO[Si](O)(O)Oc1c(C)cccc1C. The molecule has 1 rings (SSSR count).